The van der Waals surface area contributed by atoms with Crippen LogP contribution in [0.1, 0.15) is 0 Å². The number of hydrogen-bond acceptors (Lipinski definition) is 2. The molecule has 0 unspecified atom stereocenters. The highest BCUT2D eigenvalue weighted by Gasteiger charge is 2.01. The number of pyridine rings is 1. The maximum Gasteiger partial charge on any atom is 0.132 e. The van der Waals surface area contributed by atoms with E-state index < -0.39 is 0 Å². The Morgan fingerprint density at radius 1 is 1.31 bits per heavy atom. The van der Waals surface area contributed by atoms with Gasteiger partial charge in [-0.25, -0.2) is 0 Å². The van der Waals surface area contributed by atoms with Gasteiger partial charge in [0.15, 0.2) is 0 Å². The smallest absolute Gasteiger partial charge is 0.132 e. The van der Waals surface area contributed by atoms with Gasteiger partial charge in [-0.2, -0.15) is 0 Å². The molecule has 2 nitrogen and oxygen atoms in total. The van der Waals surface area contributed by atoms with E-state index in [1.165, 1.54) is 5.39 Å². The van der Waals surface area contributed by atoms with Gasteiger partial charge in [0.05, 0.1) is 10.7 Å². The monoisotopic (exact) mass is 285 g/mol. The molecule has 0 aliphatic rings. The quantitative estimate of drug-likeness (QED) is 0.752. The van der Waals surface area contributed by atoms with Crippen molar-refractivity contribution in [3.63, 3.8) is 0 Å². The Bertz CT molecular complexity index is 442. The lowest BCUT2D eigenvalue weighted by atomic mass is 10.2. The summed E-state index contributed by atoms with van der Waals surface area (Å²) in [7, 11) is 1.68. The minimum absolute atomic E-state index is 0.904. The molecule has 1 heterocycles. The number of halogens is 1. The average molecular weight is 285 g/mol. The van der Waals surface area contributed by atoms with Gasteiger partial charge >= 0.3 is 0 Å². The van der Waals surface area contributed by atoms with Crippen LogP contribution in [0.3, 0.4) is 0 Å². The molecule has 0 saturated carbocycles. The zero-order valence-electron chi connectivity index (χ0n) is 7.12. The number of benzene rings is 1. The standard InChI is InChI=1S/C10H8INO/c1-13-10-5-8-6-12-3-2-7(8)4-9(10)11/h2-6H,1H3. The molecule has 2 rings (SSSR count). The minimum atomic E-state index is 0.904. The van der Waals surface area contributed by atoms with Gasteiger partial charge in [0.2, 0.25) is 0 Å². The molecule has 1 aromatic heterocycles. The largest absolute Gasteiger partial charge is 0.496 e. The summed E-state index contributed by atoms with van der Waals surface area (Å²) in [5.74, 6) is 0.904. The van der Waals surface area contributed by atoms with Crippen molar-refractivity contribution in [3.05, 3.63) is 34.2 Å². The van der Waals surface area contributed by atoms with Crippen molar-refractivity contribution < 1.29 is 4.74 Å². The number of aromatic nitrogens is 1. The second kappa shape index (κ2) is 3.49. The molecule has 3 heteroatoms. The summed E-state index contributed by atoms with van der Waals surface area (Å²) in [4.78, 5) is 4.06. The van der Waals surface area contributed by atoms with Gasteiger partial charge in [0.25, 0.3) is 0 Å². The van der Waals surface area contributed by atoms with Gasteiger partial charge in [-0.15, -0.1) is 0 Å². The van der Waals surface area contributed by atoms with Crippen molar-refractivity contribution in [2.75, 3.05) is 7.11 Å². The maximum atomic E-state index is 5.22. The van der Waals surface area contributed by atoms with E-state index in [0.717, 1.165) is 14.7 Å². The molecule has 66 valence electrons. The summed E-state index contributed by atoms with van der Waals surface area (Å²) in [5.41, 5.74) is 0. The van der Waals surface area contributed by atoms with Gasteiger partial charge < -0.3 is 4.74 Å². The molecule has 2 aromatic rings. The first-order chi connectivity index (χ1) is 6.31. The van der Waals surface area contributed by atoms with Crippen LogP contribution in [0, 0.1) is 3.57 Å². The molecular weight excluding hydrogens is 277 g/mol. The second-order valence-corrected chi connectivity index (χ2v) is 3.87. The summed E-state index contributed by atoms with van der Waals surface area (Å²) in [6, 6.07) is 6.09. The van der Waals surface area contributed by atoms with Gasteiger partial charge in [-0.3, -0.25) is 4.98 Å². The molecule has 0 radical (unpaired) electrons. The van der Waals surface area contributed by atoms with Crippen molar-refractivity contribution in [1.82, 2.24) is 4.98 Å². The maximum absolute atomic E-state index is 5.22. The first kappa shape index (κ1) is 8.74. The first-order valence-electron chi connectivity index (χ1n) is 3.88. The second-order valence-electron chi connectivity index (χ2n) is 2.71. The third-order valence-electron chi connectivity index (χ3n) is 1.91. The summed E-state index contributed by atoms with van der Waals surface area (Å²) in [5, 5.41) is 2.31. The normalized spacial score (nSPS) is 10.3. The Balaban J connectivity index is 2.74. The third kappa shape index (κ3) is 1.60. The number of methoxy groups -OCH3 is 1. The van der Waals surface area contributed by atoms with Gasteiger partial charge in [-0.05, 0) is 46.2 Å². The Labute approximate surface area is 90.1 Å². The molecule has 0 bridgehead atoms. The van der Waals surface area contributed by atoms with Crippen molar-refractivity contribution in [1.29, 1.82) is 0 Å². The van der Waals surface area contributed by atoms with Crippen LogP contribution in [0.25, 0.3) is 10.8 Å². The lowest BCUT2D eigenvalue weighted by Gasteiger charge is -2.04. The highest BCUT2D eigenvalue weighted by atomic mass is 127. The molecule has 0 aliphatic heterocycles. The summed E-state index contributed by atoms with van der Waals surface area (Å²) < 4.78 is 6.34. The molecule has 0 fully saturated rings. The van der Waals surface area contributed by atoms with Gasteiger partial charge in [-0.1, -0.05) is 0 Å². The van der Waals surface area contributed by atoms with Crippen LogP contribution in [0.4, 0.5) is 0 Å². The average Bonchev–Trinajstić information content (AvgIpc) is 2.17. The predicted octanol–water partition coefficient (Wildman–Crippen LogP) is 2.85. The minimum Gasteiger partial charge on any atom is -0.496 e. The van der Waals surface area contributed by atoms with Gasteiger partial charge in [0, 0.05) is 17.8 Å². The van der Waals surface area contributed by atoms with Gasteiger partial charge in [0.1, 0.15) is 5.75 Å². The number of nitrogens with zero attached hydrogens (tertiary/aromatic N) is 1. The Kier molecular flexibility index (Phi) is 2.35. The number of rotatable bonds is 1. The zero-order chi connectivity index (χ0) is 9.26. The summed E-state index contributed by atoms with van der Waals surface area (Å²) >= 11 is 2.26. The fourth-order valence-corrected chi connectivity index (χ4v) is 1.96. The van der Waals surface area contributed by atoms with Crippen molar-refractivity contribution in [3.8, 4) is 5.75 Å². The Hall–Kier alpha value is -0.840. The molecular formula is C10H8INO. The van der Waals surface area contributed by atoms with Crippen LogP contribution in [0.5, 0.6) is 5.75 Å². The van der Waals surface area contributed by atoms with Crippen molar-refractivity contribution in [2.24, 2.45) is 0 Å². The SMILES string of the molecule is COc1cc2cnccc2cc1I. The van der Waals surface area contributed by atoms with E-state index >= 15 is 0 Å². The van der Waals surface area contributed by atoms with E-state index in [-0.39, 0.29) is 0 Å². The highest BCUT2D eigenvalue weighted by Crippen LogP contribution is 2.26. The van der Waals surface area contributed by atoms with Crippen LogP contribution < -0.4 is 4.74 Å². The fraction of sp³-hybridized carbons (Fsp3) is 0.100. The van der Waals surface area contributed by atoms with E-state index in [0.29, 0.717) is 0 Å². The van der Waals surface area contributed by atoms with Crippen LogP contribution in [-0.2, 0) is 0 Å². The van der Waals surface area contributed by atoms with Crippen LogP contribution in [0.2, 0.25) is 0 Å². The molecule has 0 N–H and O–H groups in total. The molecule has 13 heavy (non-hydrogen) atoms. The van der Waals surface area contributed by atoms with Crippen LogP contribution >= 0.6 is 22.6 Å². The first-order valence-corrected chi connectivity index (χ1v) is 4.96. The van der Waals surface area contributed by atoms with E-state index in [2.05, 4.69) is 33.6 Å². The van der Waals surface area contributed by atoms with E-state index in [1.54, 1.807) is 13.3 Å². The van der Waals surface area contributed by atoms with E-state index in [1.807, 2.05) is 18.3 Å². The Morgan fingerprint density at radius 3 is 2.92 bits per heavy atom. The van der Waals surface area contributed by atoms with E-state index in [9.17, 15) is 0 Å². The third-order valence-corrected chi connectivity index (χ3v) is 2.75. The van der Waals surface area contributed by atoms with Crippen LogP contribution in [-0.4, -0.2) is 12.1 Å². The summed E-state index contributed by atoms with van der Waals surface area (Å²) in [6.45, 7) is 0. The van der Waals surface area contributed by atoms with E-state index in [4.69, 9.17) is 4.74 Å². The lowest BCUT2D eigenvalue weighted by molar-refractivity contribution is 0.412. The molecule has 0 saturated heterocycles. The molecule has 0 aliphatic carbocycles. The molecule has 1 aromatic carbocycles. The highest BCUT2D eigenvalue weighted by molar-refractivity contribution is 14.1. The topological polar surface area (TPSA) is 22.1 Å². The summed E-state index contributed by atoms with van der Waals surface area (Å²) in [6.07, 6.45) is 3.64. The number of hydrogen-bond donors (Lipinski definition) is 0. The molecule has 0 amide bonds. The van der Waals surface area contributed by atoms with Crippen LogP contribution in [0.15, 0.2) is 30.6 Å². The number of fused-ring (bicyclic) bond motifs is 1. The fourth-order valence-electron chi connectivity index (χ4n) is 1.24. The predicted molar refractivity (Wildman–Crippen MR) is 61.0 cm³/mol. The van der Waals surface area contributed by atoms with Crippen molar-refractivity contribution >= 4 is 33.4 Å². The van der Waals surface area contributed by atoms with Crippen molar-refractivity contribution in [2.45, 2.75) is 0 Å². The zero-order valence-corrected chi connectivity index (χ0v) is 9.28. The molecule has 0 atom stereocenters. The number of ether oxygens (including phenoxy) is 1. The lowest BCUT2D eigenvalue weighted by Crippen LogP contribution is -1.87. The molecule has 0 spiro atoms. The Morgan fingerprint density at radius 2 is 2.15 bits per heavy atom.